The summed E-state index contributed by atoms with van der Waals surface area (Å²) in [6, 6.07) is 23.7. The second-order valence-electron chi connectivity index (χ2n) is 7.50. The molecule has 0 saturated heterocycles. The minimum absolute atomic E-state index is 0.00678. The number of benzene rings is 3. The van der Waals surface area contributed by atoms with Gasteiger partial charge < -0.3 is 14.5 Å². The first kappa shape index (κ1) is 23.3. The highest BCUT2D eigenvalue weighted by atomic mass is 32.2. The quantitative estimate of drug-likeness (QED) is 0.411. The average Bonchev–Trinajstić information content (AvgIpc) is 2.86. The number of nitrogens with zero attached hydrogens (tertiary/aromatic N) is 3. The van der Waals surface area contributed by atoms with Gasteiger partial charge in [-0.15, -0.1) is 0 Å². The summed E-state index contributed by atoms with van der Waals surface area (Å²) in [5.74, 6) is -1.70. The SMILES string of the molecule is N#CCCN(C(=O)COC(=O)CCN1c2ccccc2Sc2ccccc21)c1ccccc1F. The van der Waals surface area contributed by atoms with Crippen molar-refractivity contribution in [3.05, 3.63) is 78.6 Å². The maximum absolute atomic E-state index is 14.2. The molecule has 3 aromatic rings. The Morgan fingerprint density at radius 2 is 1.59 bits per heavy atom. The van der Waals surface area contributed by atoms with Crippen LogP contribution in [0.4, 0.5) is 21.5 Å². The Hall–Kier alpha value is -3.83. The number of fused-ring (bicyclic) bond motifs is 2. The fourth-order valence-electron chi connectivity index (χ4n) is 3.73. The lowest BCUT2D eigenvalue weighted by molar-refractivity contribution is -0.147. The zero-order valence-corrected chi connectivity index (χ0v) is 19.1. The van der Waals surface area contributed by atoms with E-state index in [-0.39, 0.29) is 25.1 Å². The number of halogens is 1. The Bertz CT molecular complexity index is 1200. The molecule has 0 N–H and O–H groups in total. The van der Waals surface area contributed by atoms with Gasteiger partial charge in [0.1, 0.15) is 5.82 Å². The van der Waals surface area contributed by atoms with Crippen LogP contribution < -0.4 is 9.80 Å². The predicted molar refractivity (Wildman–Crippen MR) is 129 cm³/mol. The van der Waals surface area contributed by atoms with E-state index >= 15 is 0 Å². The van der Waals surface area contributed by atoms with Crippen molar-refractivity contribution in [3.63, 3.8) is 0 Å². The molecular formula is C26H22FN3O3S. The number of esters is 1. The van der Waals surface area contributed by atoms with Gasteiger partial charge >= 0.3 is 5.97 Å². The molecule has 0 atom stereocenters. The first-order valence-corrected chi connectivity index (χ1v) is 11.6. The van der Waals surface area contributed by atoms with Crippen LogP contribution in [0.15, 0.2) is 82.6 Å². The number of carbonyl (C=O) groups excluding carboxylic acids is 2. The molecule has 8 heteroatoms. The second-order valence-corrected chi connectivity index (χ2v) is 8.59. The summed E-state index contributed by atoms with van der Waals surface area (Å²) in [7, 11) is 0. The van der Waals surface area contributed by atoms with E-state index in [4.69, 9.17) is 10.00 Å². The smallest absolute Gasteiger partial charge is 0.308 e. The van der Waals surface area contributed by atoms with E-state index in [1.54, 1.807) is 17.8 Å². The van der Waals surface area contributed by atoms with Gasteiger partial charge in [0.05, 0.1) is 36.0 Å². The molecule has 0 unspecified atom stereocenters. The highest BCUT2D eigenvalue weighted by Gasteiger charge is 2.24. The summed E-state index contributed by atoms with van der Waals surface area (Å²) >= 11 is 1.68. The van der Waals surface area contributed by atoms with Crippen LogP contribution in [0, 0.1) is 17.1 Å². The topological polar surface area (TPSA) is 73.6 Å². The molecule has 0 spiro atoms. The molecule has 0 aromatic heterocycles. The molecule has 4 rings (SSSR count). The fraction of sp³-hybridized carbons (Fsp3) is 0.192. The largest absolute Gasteiger partial charge is 0.455 e. The zero-order valence-electron chi connectivity index (χ0n) is 18.3. The molecule has 34 heavy (non-hydrogen) atoms. The highest BCUT2D eigenvalue weighted by Crippen LogP contribution is 2.47. The van der Waals surface area contributed by atoms with Gasteiger partial charge in [0.15, 0.2) is 6.61 Å². The van der Waals surface area contributed by atoms with Crippen molar-refractivity contribution in [2.24, 2.45) is 0 Å². The van der Waals surface area contributed by atoms with Crippen molar-refractivity contribution < 1.29 is 18.7 Å². The van der Waals surface area contributed by atoms with E-state index in [9.17, 15) is 14.0 Å². The van der Waals surface area contributed by atoms with E-state index in [1.165, 1.54) is 18.2 Å². The Kier molecular flexibility index (Phi) is 7.45. The van der Waals surface area contributed by atoms with Crippen molar-refractivity contribution in [2.45, 2.75) is 22.6 Å². The van der Waals surface area contributed by atoms with E-state index in [0.29, 0.717) is 6.54 Å². The van der Waals surface area contributed by atoms with Crippen LogP contribution in [0.1, 0.15) is 12.8 Å². The lowest BCUT2D eigenvalue weighted by Crippen LogP contribution is -2.36. The molecule has 0 radical (unpaired) electrons. The van der Waals surface area contributed by atoms with Crippen molar-refractivity contribution >= 4 is 40.7 Å². The van der Waals surface area contributed by atoms with Crippen molar-refractivity contribution in [1.29, 1.82) is 5.26 Å². The van der Waals surface area contributed by atoms with Crippen LogP contribution in [-0.2, 0) is 14.3 Å². The lowest BCUT2D eigenvalue weighted by Gasteiger charge is -2.32. The third kappa shape index (κ3) is 5.21. The standard InChI is InChI=1S/C26H22FN3O3S/c27-19-8-1-2-9-20(19)30(16-7-15-28)25(31)18-33-26(32)14-17-29-21-10-3-5-12-23(21)34-24-13-6-4-11-22(24)29/h1-6,8-13H,7,14,16-18H2. The number of ether oxygens (including phenoxy) is 1. The highest BCUT2D eigenvalue weighted by molar-refractivity contribution is 7.99. The number of nitriles is 1. The predicted octanol–water partition coefficient (Wildman–Crippen LogP) is 5.31. The fourth-order valence-corrected chi connectivity index (χ4v) is 4.83. The van der Waals surface area contributed by atoms with Crippen LogP contribution in [0.3, 0.4) is 0 Å². The van der Waals surface area contributed by atoms with Crippen molar-refractivity contribution in [3.8, 4) is 6.07 Å². The van der Waals surface area contributed by atoms with E-state index < -0.39 is 24.3 Å². The third-order valence-corrected chi connectivity index (χ3v) is 6.45. The molecule has 1 amide bonds. The molecule has 1 heterocycles. The third-order valence-electron chi connectivity index (χ3n) is 5.32. The van der Waals surface area contributed by atoms with Crippen molar-refractivity contribution in [1.82, 2.24) is 0 Å². The van der Waals surface area contributed by atoms with Crippen LogP contribution in [0.2, 0.25) is 0 Å². The van der Waals surface area contributed by atoms with Crippen LogP contribution in [0.5, 0.6) is 0 Å². The van der Waals surface area contributed by atoms with Gasteiger partial charge in [-0.1, -0.05) is 48.2 Å². The normalized spacial score (nSPS) is 11.7. The van der Waals surface area contributed by atoms with Crippen LogP contribution in [0.25, 0.3) is 0 Å². The minimum Gasteiger partial charge on any atom is -0.455 e. The van der Waals surface area contributed by atoms with Gasteiger partial charge in [0, 0.05) is 22.9 Å². The molecular weight excluding hydrogens is 453 g/mol. The lowest BCUT2D eigenvalue weighted by atomic mass is 10.2. The summed E-state index contributed by atoms with van der Waals surface area (Å²) < 4.78 is 19.4. The number of para-hydroxylation sites is 3. The Morgan fingerprint density at radius 3 is 2.24 bits per heavy atom. The molecule has 1 aliphatic rings. The second kappa shape index (κ2) is 10.9. The number of anilines is 3. The number of rotatable bonds is 8. The van der Waals surface area contributed by atoms with Crippen LogP contribution >= 0.6 is 11.8 Å². The van der Waals surface area contributed by atoms with Gasteiger partial charge in [-0.05, 0) is 36.4 Å². The first-order valence-electron chi connectivity index (χ1n) is 10.8. The van der Waals surface area contributed by atoms with Gasteiger partial charge in [-0.3, -0.25) is 9.59 Å². The minimum atomic E-state index is -0.584. The molecule has 0 saturated carbocycles. The first-order chi connectivity index (χ1) is 16.6. The van der Waals surface area contributed by atoms with E-state index in [2.05, 4.69) is 4.90 Å². The Morgan fingerprint density at radius 1 is 0.971 bits per heavy atom. The number of amides is 1. The summed E-state index contributed by atoms with van der Waals surface area (Å²) in [5.41, 5.74) is 2.08. The van der Waals surface area contributed by atoms with Gasteiger partial charge in [0.2, 0.25) is 0 Å². The average molecular weight is 476 g/mol. The van der Waals surface area contributed by atoms with Crippen LogP contribution in [-0.4, -0.2) is 31.6 Å². The number of hydrogen-bond donors (Lipinski definition) is 0. The van der Waals surface area contributed by atoms with Gasteiger partial charge in [0.25, 0.3) is 5.91 Å². The number of hydrogen-bond acceptors (Lipinski definition) is 6. The maximum Gasteiger partial charge on any atom is 0.308 e. The van der Waals surface area contributed by atoms with Gasteiger partial charge in [-0.25, -0.2) is 4.39 Å². The molecule has 1 aliphatic heterocycles. The summed E-state index contributed by atoms with van der Waals surface area (Å²) in [5, 5.41) is 8.89. The summed E-state index contributed by atoms with van der Waals surface area (Å²) in [6.45, 7) is -0.137. The molecule has 3 aromatic carbocycles. The maximum atomic E-state index is 14.2. The van der Waals surface area contributed by atoms with Crippen molar-refractivity contribution in [2.75, 3.05) is 29.5 Å². The van der Waals surface area contributed by atoms with E-state index in [1.807, 2.05) is 54.6 Å². The molecule has 172 valence electrons. The number of carbonyl (C=O) groups is 2. The summed E-state index contributed by atoms with van der Waals surface area (Å²) in [6.07, 6.45) is 0.0956. The Labute approximate surface area is 201 Å². The summed E-state index contributed by atoms with van der Waals surface area (Å²) in [4.78, 5) is 30.6. The monoisotopic (exact) mass is 475 g/mol. The Balaban J connectivity index is 1.40. The van der Waals surface area contributed by atoms with E-state index in [0.717, 1.165) is 26.1 Å². The van der Waals surface area contributed by atoms with Gasteiger partial charge in [-0.2, -0.15) is 5.26 Å². The molecule has 6 nitrogen and oxygen atoms in total. The molecule has 0 bridgehead atoms. The molecule has 0 aliphatic carbocycles. The molecule has 0 fully saturated rings. The zero-order chi connectivity index (χ0) is 23.9.